The van der Waals surface area contributed by atoms with E-state index in [1.807, 2.05) is 0 Å². The monoisotopic (exact) mass is 342 g/mol. The summed E-state index contributed by atoms with van der Waals surface area (Å²) in [6.07, 6.45) is -4.39. The molecule has 0 aliphatic rings. The van der Waals surface area contributed by atoms with Gasteiger partial charge in [-0.25, -0.2) is 0 Å². The van der Waals surface area contributed by atoms with Crippen molar-refractivity contribution in [3.8, 4) is 0 Å². The van der Waals surface area contributed by atoms with Gasteiger partial charge in [-0.15, -0.1) is 0 Å². The van der Waals surface area contributed by atoms with Crippen LogP contribution < -0.4 is 0 Å². The number of hydrogen-bond acceptors (Lipinski definition) is 1. The Morgan fingerprint density at radius 1 is 0.900 bits per heavy atom. The van der Waals surface area contributed by atoms with Gasteiger partial charge in [0.1, 0.15) is 0 Å². The van der Waals surface area contributed by atoms with Crippen molar-refractivity contribution in [3.63, 3.8) is 0 Å². The van der Waals surface area contributed by atoms with Crippen molar-refractivity contribution >= 4 is 21.7 Å². The molecule has 0 saturated heterocycles. The highest BCUT2D eigenvalue weighted by Crippen LogP contribution is 2.29. The molecule has 0 radical (unpaired) electrons. The van der Waals surface area contributed by atoms with Crippen molar-refractivity contribution in [3.05, 3.63) is 70.8 Å². The number of hydrogen-bond donors (Lipinski definition) is 0. The molecule has 0 N–H and O–H groups in total. The summed E-state index contributed by atoms with van der Waals surface area (Å²) in [5.74, 6) is -0.292. The third-order valence-corrected chi connectivity index (χ3v) is 3.49. The van der Waals surface area contributed by atoms with E-state index in [9.17, 15) is 18.0 Å². The lowest BCUT2D eigenvalue weighted by atomic mass is 10.0. The van der Waals surface area contributed by atoms with Gasteiger partial charge in [-0.05, 0) is 17.7 Å². The molecule has 0 spiro atoms. The fourth-order valence-electron chi connectivity index (χ4n) is 1.72. The van der Waals surface area contributed by atoms with Gasteiger partial charge in [-0.2, -0.15) is 13.2 Å². The van der Waals surface area contributed by atoms with Gasteiger partial charge in [0, 0.05) is 16.5 Å². The highest BCUT2D eigenvalue weighted by Gasteiger charge is 2.30. The van der Waals surface area contributed by atoms with Crippen LogP contribution in [0.3, 0.4) is 0 Å². The first kappa shape index (κ1) is 14.8. The maximum Gasteiger partial charge on any atom is 0.416 e. The number of halogens is 4. The normalized spacial score (nSPS) is 11.4. The molecule has 5 heteroatoms. The highest BCUT2D eigenvalue weighted by molar-refractivity contribution is 9.08. The van der Waals surface area contributed by atoms with Crippen LogP contribution in [0, 0.1) is 0 Å². The Morgan fingerprint density at radius 3 is 1.75 bits per heavy atom. The average Bonchev–Trinajstić information content (AvgIpc) is 2.46. The van der Waals surface area contributed by atoms with E-state index in [-0.39, 0.29) is 11.3 Å². The summed E-state index contributed by atoms with van der Waals surface area (Å²) in [4.78, 5) is 12.1. The second kappa shape index (κ2) is 5.79. The largest absolute Gasteiger partial charge is 0.416 e. The zero-order valence-electron chi connectivity index (χ0n) is 10.2. The van der Waals surface area contributed by atoms with Gasteiger partial charge < -0.3 is 0 Å². The summed E-state index contributed by atoms with van der Waals surface area (Å²) >= 11 is 3.30. The Morgan fingerprint density at radius 2 is 1.35 bits per heavy atom. The first-order chi connectivity index (χ1) is 9.41. The first-order valence-corrected chi connectivity index (χ1v) is 6.91. The smallest absolute Gasteiger partial charge is 0.289 e. The number of ketones is 1. The maximum absolute atomic E-state index is 12.4. The van der Waals surface area contributed by atoms with Gasteiger partial charge in [0.25, 0.3) is 0 Å². The lowest BCUT2D eigenvalue weighted by Gasteiger charge is -2.07. The van der Waals surface area contributed by atoms with E-state index < -0.39 is 11.7 Å². The Balaban J connectivity index is 2.24. The van der Waals surface area contributed by atoms with Gasteiger partial charge in [-0.1, -0.05) is 52.3 Å². The molecular weight excluding hydrogens is 333 g/mol. The molecule has 0 unspecified atom stereocenters. The van der Waals surface area contributed by atoms with Gasteiger partial charge in [0.2, 0.25) is 0 Å². The van der Waals surface area contributed by atoms with Crippen LogP contribution in [0.4, 0.5) is 13.2 Å². The van der Waals surface area contributed by atoms with Crippen molar-refractivity contribution in [2.24, 2.45) is 0 Å². The van der Waals surface area contributed by atoms with Crippen LogP contribution in [0.5, 0.6) is 0 Å². The zero-order valence-corrected chi connectivity index (χ0v) is 11.8. The summed E-state index contributed by atoms with van der Waals surface area (Å²) in [6, 6.07) is 11.2. The van der Waals surface area contributed by atoms with Crippen molar-refractivity contribution in [2.75, 3.05) is 0 Å². The van der Waals surface area contributed by atoms with Crippen molar-refractivity contribution in [1.82, 2.24) is 0 Å². The third kappa shape index (κ3) is 3.28. The van der Waals surface area contributed by atoms with E-state index in [0.717, 1.165) is 17.7 Å². The summed E-state index contributed by atoms with van der Waals surface area (Å²) < 4.78 is 37.3. The van der Waals surface area contributed by atoms with Crippen LogP contribution in [-0.2, 0) is 11.5 Å². The second-order valence-corrected chi connectivity index (χ2v) is 4.80. The average molecular weight is 343 g/mol. The molecule has 0 aliphatic carbocycles. The van der Waals surface area contributed by atoms with E-state index in [2.05, 4.69) is 15.9 Å². The molecule has 0 saturated carbocycles. The fourth-order valence-corrected chi connectivity index (χ4v) is 2.10. The molecule has 2 rings (SSSR count). The minimum Gasteiger partial charge on any atom is -0.289 e. The number of rotatable bonds is 3. The predicted octanol–water partition coefficient (Wildman–Crippen LogP) is 4.83. The number of benzene rings is 2. The van der Waals surface area contributed by atoms with Crippen molar-refractivity contribution < 1.29 is 18.0 Å². The molecule has 1 nitrogen and oxygen atoms in total. The van der Waals surface area contributed by atoms with Crippen LogP contribution >= 0.6 is 15.9 Å². The quantitative estimate of drug-likeness (QED) is 0.576. The van der Waals surface area contributed by atoms with Crippen LogP contribution in [0.2, 0.25) is 0 Å². The van der Waals surface area contributed by atoms with E-state index >= 15 is 0 Å². The minimum atomic E-state index is -4.39. The topological polar surface area (TPSA) is 17.1 Å². The van der Waals surface area contributed by atoms with Crippen LogP contribution in [0.1, 0.15) is 27.0 Å². The fraction of sp³-hybridized carbons (Fsp3) is 0.133. The maximum atomic E-state index is 12.4. The molecule has 0 aliphatic heterocycles. The Labute approximate surface area is 122 Å². The summed E-state index contributed by atoms with van der Waals surface area (Å²) in [7, 11) is 0. The number of carbonyl (C=O) groups excluding carboxylic acids is 1. The lowest BCUT2D eigenvalue weighted by Crippen LogP contribution is -2.06. The molecular formula is C15H10BrF3O. The summed E-state index contributed by atoms with van der Waals surface area (Å²) in [6.45, 7) is 0. The van der Waals surface area contributed by atoms with Gasteiger partial charge in [0.05, 0.1) is 5.56 Å². The molecule has 0 bridgehead atoms. The predicted molar refractivity (Wildman–Crippen MR) is 73.9 cm³/mol. The third-order valence-electron chi connectivity index (χ3n) is 2.84. The number of alkyl halides is 4. The Hall–Kier alpha value is -1.62. The van der Waals surface area contributed by atoms with Crippen molar-refractivity contribution in [1.29, 1.82) is 0 Å². The van der Waals surface area contributed by atoms with E-state index in [0.29, 0.717) is 10.9 Å². The Kier molecular flexibility index (Phi) is 4.28. The summed E-state index contributed by atoms with van der Waals surface area (Å²) in [5, 5.41) is 0.682. The lowest BCUT2D eigenvalue weighted by molar-refractivity contribution is -0.137. The van der Waals surface area contributed by atoms with Crippen LogP contribution in [0.25, 0.3) is 0 Å². The molecule has 104 valence electrons. The Bertz CT molecular complexity index is 601. The van der Waals surface area contributed by atoms with Crippen LogP contribution in [0.15, 0.2) is 48.5 Å². The second-order valence-electron chi connectivity index (χ2n) is 4.23. The minimum absolute atomic E-state index is 0.240. The molecule has 0 amide bonds. The highest BCUT2D eigenvalue weighted by atomic mass is 79.9. The van der Waals surface area contributed by atoms with E-state index in [1.54, 1.807) is 24.3 Å². The first-order valence-electron chi connectivity index (χ1n) is 5.78. The standard InChI is InChI=1S/C15H10BrF3O/c16-9-10-1-3-11(4-2-10)14(20)12-5-7-13(8-6-12)15(17,18)19/h1-8H,9H2. The molecule has 2 aromatic rings. The zero-order chi connectivity index (χ0) is 14.8. The SMILES string of the molecule is O=C(c1ccc(CBr)cc1)c1ccc(C(F)(F)F)cc1. The molecule has 0 atom stereocenters. The van der Waals surface area contributed by atoms with Crippen molar-refractivity contribution in [2.45, 2.75) is 11.5 Å². The summed E-state index contributed by atoms with van der Waals surface area (Å²) in [5.41, 5.74) is 0.955. The number of carbonyl (C=O) groups is 1. The van der Waals surface area contributed by atoms with Gasteiger partial charge in [0.15, 0.2) is 5.78 Å². The molecule has 2 aromatic carbocycles. The molecule has 0 fully saturated rings. The van der Waals surface area contributed by atoms with E-state index in [4.69, 9.17) is 0 Å². The molecule has 0 heterocycles. The van der Waals surface area contributed by atoms with Gasteiger partial charge >= 0.3 is 6.18 Å². The molecule has 20 heavy (non-hydrogen) atoms. The van der Waals surface area contributed by atoms with Gasteiger partial charge in [-0.3, -0.25) is 4.79 Å². The molecule has 0 aromatic heterocycles. The van der Waals surface area contributed by atoms with Crippen LogP contribution in [-0.4, -0.2) is 5.78 Å². The van der Waals surface area contributed by atoms with E-state index in [1.165, 1.54) is 12.1 Å².